The number of imidazole rings is 2. The van der Waals surface area contributed by atoms with Crippen LogP contribution in [0.2, 0.25) is 0 Å². The van der Waals surface area contributed by atoms with Crippen LogP contribution in [0.3, 0.4) is 0 Å². The number of halogens is 1. The number of imide groups is 1. The number of carbonyl (C=O) groups is 2. The Morgan fingerprint density at radius 3 is 2.75 bits per heavy atom. The first-order chi connectivity index (χ1) is 15.5. The van der Waals surface area contributed by atoms with Gasteiger partial charge in [-0.25, -0.2) is 23.3 Å². The normalized spacial score (nSPS) is 17.6. The summed E-state index contributed by atoms with van der Waals surface area (Å²) in [4.78, 5) is 37.5. The van der Waals surface area contributed by atoms with E-state index in [1.54, 1.807) is 37.8 Å². The number of aliphatic imine (C=N–C) groups is 1. The predicted octanol–water partition coefficient (Wildman–Crippen LogP) is 2.19. The molecule has 2 aromatic heterocycles. The fourth-order valence-electron chi connectivity index (χ4n) is 4.28. The van der Waals surface area contributed by atoms with Crippen LogP contribution >= 0.6 is 0 Å². The molecule has 2 aliphatic rings. The first kappa shape index (κ1) is 20.1. The Balaban J connectivity index is 1.42. The number of urea groups is 1. The molecule has 1 atom stereocenters. The van der Waals surface area contributed by atoms with E-state index in [0.29, 0.717) is 23.9 Å². The maximum atomic E-state index is 14.2. The van der Waals surface area contributed by atoms with Gasteiger partial charge in [0.2, 0.25) is 11.9 Å². The molecule has 0 bridgehead atoms. The highest BCUT2D eigenvalue weighted by molar-refractivity contribution is 6.19. The number of amides is 3. The number of fused-ring (bicyclic) bond motifs is 3. The van der Waals surface area contributed by atoms with Crippen molar-refractivity contribution in [3.8, 4) is 0 Å². The number of nitrogens with zero attached hydrogens (tertiary/aromatic N) is 7. The number of carbonyl (C=O) groups excluding carboxylic acids is 2. The van der Waals surface area contributed by atoms with Gasteiger partial charge in [0.05, 0.1) is 19.4 Å². The number of hydrogen-bond acceptors (Lipinski definition) is 4. The lowest BCUT2D eigenvalue weighted by molar-refractivity contribution is -0.677. The fraction of sp³-hybridized carbons (Fsp3) is 0.318. The molecule has 2 aliphatic heterocycles. The zero-order valence-electron chi connectivity index (χ0n) is 17.8. The van der Waals surface area contributed by atoms with Crippen LogP contribution in [-0.4, -0.2) is 48.7 Å². The van der Waals surface area contributed by atoms with E-state index in [2.05, 4.69) is 14.5 Å². The lowest BCUT2D eigenvalue weighted by atomic mass is 10.1. The molecule has 3 amide bonds. The molecule has 10 heteroatoms. The van der Waals surface area contributed by atoms with E-state index < -0.39 is 23.8 Å². The second kappa shape index (κ2) is 7.70. The van der Waals surface area contributed by atoms with Crippen LogP contribution in [0.25, 0.3) is 0 Å². The van der Waals surface area contributed by atoms with Crippen molar-refractivity contribution in [3.63, 3.8) is 0 Å². The summed E-state index contributed by atoms with van der Waals surface area (Å²) in [6.45, 7) is 3.36. The number of likely N-dealkylation sites (N-methyl/N-ethyl adjacent to an activating group) is 1. The van der Waals surface area contributed by atoms with E-state index >= 15 is 0 Å². The molecule has 0 radical (unpaired) electrons. The maximum Gasteiger partial charge on any atom is 0.401 e. The van der Waals surface area contributed by atoms with Gasteiger partial charge in [-0.1, -0.05) is 23.2 Å². The molecule has 0 saturated carbocycles. The minimum absolute atomic E-state index is 0.126. The van der Waals surface area contributed by atoms with Gasteiger partial charge < -0.3 is 4.57 Å². The second-order valence-corrected chi connectivity index (χ2v) is 8.01. The minimum atomic E-state index is -0.743. The smallest absolute Gasteiger partial charge is 0.337 e. The van der Waals surface area contributed by atoms with Crippen molar-refractivity contribution >= 4 is 23.7 Å². The molecule has 0 N–H and O–H groups in total. The Kier molecular flexibility index (Phi) is 4.84. The molecular weight excluding hydrogens is 413 g/mol. The molecule has 4 heterocycles. The van der Waals surface area contributed by atoms with Gasteiger partial charge >= 0.3 is 12.0 Å². The Labute approximate surface area is 184 Å². The number of benzene rings is 1. The van der Waals surface area contributed by atoms with Crippen molar-refractivity contribution in [2.24, 2.45) is 4.99 Å². The molecule has 1 fully saturated rings. The zero-order chi connectivity index (χ0) is 22.4. The largest absolute Gasteiger partial charge is 0.401 e. The molecular formula is C22H23FN7O2+. The summed E-state index contributed by atoms with van der Waals surface area (Å²) in [7, 11) is 1.59. The van der Waals surface area contributed by atoms with Gasteiger partial charge in [-0.15, -0.1) is 0 Å². The zero-order valence-corrected chi connectivity index (χ0v) is 17.8. The Hall–Kier alpha value is -3.82. The molecule has 5 rings (SSSR count). The topological polar surface area (TPSA) is 79.6 Å². The Morgan fingerprint density at radius 2 is 2.00 bits per heavy atom. The molecule has 0 aliphatic carbocycles. The number of amidine groups is 1. The standard InChI is InChI=1S/C22H23FN7O2/c1-15-12-29-18-19(25-21(29)28(15)10-5-9-27-11-8-24-14-27)26(2)22(32)30(20(18)31)13-16-6-3-4-7-17(16)23/h3-4,6-8,11-12,14,18H,5,9-10,13H2,1-2H3/q+1. The average Bonchev–Trinajstić information content (AvgIpc) is 3.48. The summed E-state index contributed by atoms with van der Waals surface area (Å²) in [6.07, 6.45) is 8.18. The van der Waals surface area contributed by atoms with Gasteiger partial charge in [-0.05, 0) is 19.4 Å². The second-order valence-electron chi connectivity index (χ2n) is 8.01. The summed E-state index contributed by atoms with van der Waals surface area (Å²) in [5.41, 5.74) is 1.26. The quantitative estimate of drug-likeness (QED) is 0.556. The lowest BCUT2D eigenvalue weighted by Gasteiger charge is -2.33. The van der Waals surface area contributed by atoms with Gasteiger partial charge in [0.1, 0.15) is 17.7 Å². The van der Waals surface area contributed by atoms with Crippen LogP contribution in [0.15, 0.2) is 54.2 Å². The summed E-state index contributed by atoms with van der Waals surface area (Å²) in [5, 5.41) is 0. The van der Waals surface area contributed by atoms with Crippen LogP contribution in [0.1, 0.15) is 23.7 Å². The van der Waals surface area contributed by atoms with Gasteiger partial charge in [-0.3, -0.25) is 14.6 Å². The molecule has 3 aromatic rings. The number of hydrogen-bond donors (Lipinski definition) is 0. The van der Waals surface area contributed by atoms with Crippen LogP contribution in [0.4, 0.5) is 15.1 Å². The first-order valence-electron chi connectivity index (χ1n) is 10.4. The SMILES string of the molecule is Cc1c[n+]2c(n1CCCn1ccnc1)N=C1C2C(=O)N(Cc2ccccc2F)C(=O)N1C. The summed E-state index contributed by atoms with van der Waals surface area (Å²) < 4.78 is 20.0. The van der Waals surface area contributed by atoms with E-state index in [4.69, 9.17) is 0 Å². The van der Waals surface area contributed by atoms with E-state index in [-0.39, 0.29) is 6.54 Å². The Morgan fingerprint density at radius 1 is 1.19 bits per heavy atom. The summed E-state index contributed by atoms with van der Waals surface area (Å²) in [5.74, 6) is 0.168. The summed E-state index contributed by atoms with van der Waals surface area (Å²) in [6, 6.07) is 4.90. The van der Waals surface area contributed by atoms with Gasteiger partial charge in [0.25, 0.3) is 5.91 Å². The number of aromatic nitrogens is 4. The summed E-state index contributed by atoms with van der Waals surface area (Å²) >= 11 is 0. The van der Waals surface area contributed by atoms with Gasteiger partial charge in [0, 0.05) is 31.5 Å². The predicted molar refractivity (Wildman–Crippen MR) is 112 cm³/mol. The highest BCUT2D eigenvalue weighted by atomic mass is 19.1. The highest BCUT2D eigenvalue weighted by Crippen LogP contribution is 2.30. The van der Waals surface area contributed by atoms with Crippen molar-refractivity contribution < 1.29 is 18.5 Å². The highest BCUT2D eigenvalue weighted by Gasteiger charge is 2.53. The maximum absolute atomic E-state index is 14.2. The third kappa shape index (κ3) is 3.19. The first-order valence-corrected chi connectivity index (χ1v) is 10.4. The van der Waals surface area contributed by atoms with Crippen LogP contribution in [-0.2, 0) is 24.4 Å². The monoisotopic (exact) mass is 436 g/mol. The average molecular weight is 436 g/mol. The van der Waals surface area contributed by atoms with Crippen molar-refractivity contribution in [2.45, 2.75) is 39.0 Å². The van der Waals surface area contributed by atoms with Crippen LogP contribution in [0, 0.1) is 12.7 Å². The van der Waals surface area contributed by atoms with E-state index in [9.17, 15) is 14.0 Å². The van der Waals surface area contributed by atoms with Crippen molar-refractivity contribution in [1.29, 1.82) is 0 Å². The molecule has 0 spiro atoms. The van der Waals surface area contributed by atoms with Crippen molar-refractivity contribution in [1.82, 2.24) is 23.9 Å². The molecule has 164 valence electrons. The molecule has 1 aromatic carbocycles. The van der Waals surface area contributed by atoms with E-state index in [0.717, 1.165) is 23.6 Å². The number of aryl methyl sites for hydroxylation is 2. The lowest BCUT2D eigenvalue weighted by Crippen LogP contribution is -2.62. The molecule has 1 unspecified atom stereocenters. The van der Waals surface area contributed by atoms with E-state index in [1.807, 2.05) is 28.5 Å². The van der Waals surface area contributed by atoms with Gasteiger partial charge in [0.15, 0.2) is 0 Å². The van der Waals surface area contributed by atoms with Crippen LogP contribution in [0.5, 0.6) is 0 Å². The van der Waals surface area contributed by atoms with Crippen molar-refractivity contribution in [2.75, 3.05) is 7.05 Å². The Bertz CT molecular complexity index is 1230. The number of rotatable bonds is 6. The molecule has 9 nitrogen and oxygen atoms in total. The van der Waals surface area contributed by atoms with Crippen molar-refractivity contribution in [3.05, 3.63) is 66.3 Å². The fourth-order valence-corrected chi connectivity index (χ4v) is 4.28. The molecule has 1 saturated heterocycles. The third-order valence-electron chi connectivity index (χ3n) is 5.97. The molecule has 32 heavy (non-hydrogen) atoms. The minimum Gasteiger partial charge on any atom is -0.337 e. The third-order valence-corrected chi connectivity index (χ3v) is 5.97. The van der Waals surface area contributed by atoms with E-state index in [1.165, 1.54) is 11.0 Å². The van der Waals surface area contributed by atoms with Crippen LogP contribution < -0.4 is 4.57 Å². The van der Waals surface area contributed by atoms with Gasteiger partial charge in [-0.2, -0.15) is 0 Å².